The average Bonchev–Trinajstić information content (AvgIpc) is 2.81. The van der Waals surface area contributed by atoms with Crippen LogP contribution in [-0.2, 0) is 9.47 Å². The Kier molecular flexibility index (Phi) is 3.75. The third-order valence-corrected chi connectivity index (χ3v) is 2.29. The Morgan fingerprint density at radius 3 is 2.44 bits per heavy atom. The minimum Gasteiger partial charge on any atom is -0.370 e. The SMILES string of the molecule is NC(N)=NC(N)=Nc1ccccc1C1OCCO1. The summed E-state index contributed by atoms with van der Waals surface area (Å²) in [6.07, 6.45) is -0.419. The molecule has 96 valence electrons. The van der Waals surface area contributed by atoms with Crippen molar-refractivity contribution in [1.29, 1.82) is 0 Å². The molecule has 1 fully saturated rings. The number of hydrogen-bond donors (Lipinski definition) is 3. The molecule has 0 radical (unpaired) electrons. The number of guanidine groups is 2. The summed E-state index contributed by atoms with van der Waals surface area (Å²) in [5.74, 6) is -0.150. The molecule has 1 saturated heterocycles. The van der Waals surface area contributed by atoms with Crippen LogP contribution in [0.25, 0.3) is 0 Å². The van der Waals surface area contributed by atoms with Crippen LogP contribution in [0.4, 0.5) is 5.69 Å². The Bertz CT molecular complexity index is 476. The minimum absolute atomic E-state index is 0.0135. The fourth-order valence-electron chi connectivity index (χ4n) is 1.61. The van der Waals surface area contributed by atoms with Crippen LogP contribution in [-0.4, -0.2) is 25.1 Å². The summed E-state index contributed by atoms with van der Waals surface area (Å²) in [5.41, 5.74) is 17.5. The van der Waals surface area contributed by atoms with Gasteiger partial charge in [-0.15, -0.1) is 0 Å². The fourth-order valence-corrected chi connectivity index (χ4v) is 1.61. The fraction of sp³-hybridized carbons (Fsp3) is 0.273. The molecule has 0 aromatic heterocycles. The van der Waals surface area contributed by atoms with Crippen LogP contribution < -0.4 is 17.2 Å². The number of benzene rings is 1. The van der Waals surface area contributed by atoms with Gasteiger partial charge in [0, 0.05) is 5.56 Å². The smallest absolute Gasteiger partial charge is 0.223 e. The van der Waals surface area contributed by atoms with Gasteiger partial charge in [-0.2, -0.15) is 4.99 Å². The van der Waals surface area contributed by atoms with Crippen LogP contribution in [0.5, 0.6) is 0 Å². The minimum atomic E-state index is -0.419. The van der Waals surface area contributed by atoms with Crippen LogP contribution >= 0.6 is 0 Å². The van der Waals surface area contributed by atoms with Crippen molar-refractivity contribution in [3.8, 4) is 0 Å². The van der Waals surface area contributed by atoms with Gasteiger partial charge in [0.05, 0.1) is 18.9 Å². The molecule has 0 aliphatic carbocycles. The molecule has 0 spiro atoms. The third-order valence-electron chi connectivity index (χ3n) is 2.29. The number of ether oxygens (including phenoxy) is 2. The highest BCUT2D eigenvalue weighted by Crippen LogP contribution is 2.31. The monoisotopic (exact) mass is 249 g/mol. The van der Waals surface area contributed by atoms with Crippen LogP contribution in [0.1, 0.15) is 11.9 Å². The van der Waals surface area contributed by atoms with Crippen LogP contribution in [0.15, 0.2) is 34.3 Å². The Labute approximate surface area is 104 Å². The molecule has 1 aromatic rings. The summed E-state index contributed by atoms with van der Waals surface area (Å²) in [4.78, 5) is 7.79. The summed E-state index contributed by atoms with van der Waals surface area (Å²) < 4.78 is 10.8. The molecular formula is C11H15N5O2. The lowest BCUT2D eigenvalue weighted by Crippen LogP contribution is -2.26. The van der Waals surface area contributed by atoms with Crippen LogP contribution in [0, 0.1) is 0 Å². The van der Waals surface area contributed by atoms with E-state index in [1.54, 1.807) is 6.07 Å². The lowest BCUT2D eigenvalue weighted by Gasteiger charge is -2.11. The Hall–Kier alpha value is -2.12. The summed E-state index contributed by atoms with van der Waals surface area (Å²) in [5, 5.41) is 0. The average molecular weight is 249 g/mol. The molecule has 1 aliphatic rings. The van der Waals surface area contributed by atoms with Gasteiger partial charge in [-0.3, -0.25) is 0 Å². The van der Waals surface area contributed by atoms with Gasteiger partial charge in [-0.1, -0.05) is 18.2 Å². The molecule has 0 bridgehead atoms. The first-order valence-electron chi connectivity index (χ1n) is 5.43. The van der Waals surface area contributed by atoms with Gasteiger partial charge in [-0.05, 0) is 6.07 Å². The largest absolute Gasteiger partial charge is 0.370 e. The lowest BCUT2D eigenvalue weighted by molar-refractivity contribution is -0.0436. The van der Waals surface area contributed by atoms with E-state index in [2.05, 4.69) is 9.98 Å². The molecule has 6 N–H and O–H groups in total. The molecule has 2 rings (SSSR count). The highest BCUT2D eigenvalue weighted by Gasteiger charge is 2.20. The summed E-state index contributed by atoms with van der Waals surface area (Å²) in [6.45, 7) is 1.12. The van der Waals surface area contributed by atoms with Crippen LogP contribution in [0.3, 0.4) is 0 Å². The lowest BCUT2D eigenvalue weighted by atomic mass is 10.2. The van der Waals surface area contributed by atoms with Gasteiger partial charge < -0.3 is 26.7 Å². The number of hydrogen-bond acceptors (Lipinski definition) is 3. The van der Waals surface area contributed by atoms with Crippen molar-refractivity contribution < 1.29 is 9.47 Å². The van der Waals surface area contributed by atoms with Crippen molar-refractivity contribution >= 4 is 17.6 Å². The molecule has 0 atom stereocenters. The van der Waals surface area contributed by atoms with E-state index in [4.69, 9.17) is 26.7 Å². The second-order valence-electron chi connectivity index (χ2n) is 3.64. The molecule has 0 unspecified atom stereocenters. The van der Waals surface area contributed by atoms with Gasteiger partial charge in [0.2, 0.25) is 5.96 Å². The molecule has 7 nitrogen and oxygen atoms in total. The zero-order valence-corrected chi connectivity index (χ0v) is 9.74. The van der Waals surface area contributed by atoms with E-state index in [1.807, 2.05) is 18.2 Å². The molecule has 1 aliphatic heterocycles. The second-order valence-corrected chi connectivity index (χ2v) is 3.64. The van der Waals surface area contributed by atoms with Crippen molar-refractivity contribution in [2.24, 2.45) is 27.2 Å². The normalized spacial score (nSPS) is 16.8. The molecule has 1 aromatic carbocycles. The van der Waals surface area contributed by atoms with E-state index < -0.39 is 6.29 Å². The van der Waals surface area contributed by atoms with Gasteiger partial charge in [0.1, 0.15) is 0 Å². The van der Waals surface area contributed by atoms with E-state index in [0.29, 0.717) is 18.9 Å². The van der Waals surface area contributed by atoms with E-state index >= 15 is 0 Å². The first kappa shape index (κ1) is 12.3. The zero-order valence-electron chi connectivity index (χ0n) is 9.74. The molecular weight excluding hydrogens is 234 g/mol. The standard InChI is InChI=1S/C11H15N5O2/c12-10(13)16-11(14)15-8-4-2-1-3-7(8)9-17-5-6-18-9/h1-4,9H,5-6H2,(H6,12,13,14,15,16). The third kappa shape index (κ3) is 2.96. The number of nitrogens with zero attached hydrogens (tertiary/aromatic N) is 2. The maximum Gasteiger partial charge on any atom is 0.223 e. The predicted molar refractivity (Wildman–Crippen MR) is 68.2 cm³/mol. The van der Waals surface area contributed by atoms with Crippen molar-refractivity contribution in [3.63, 3.8) is 0 Å². The van der Waals surface area contributed by atoms with Gasteiger partial charge in [0.25, 0.3) is 0 Å². The quantitative estimate of drug-likeness (QED) is 0.501. The molecule has 1 heterocycles. The first-order valence-corrected chi connectivity index (χ1v) is 5.43. The van der Waals surface area contributed by atoms with E-state index in [1.165, 1.54) is 0 Å². The predicted octanol–water partition coefficient (Wildman–Crippen LogP) is -0.0484. The number of para-hydroxylation sites is 1. The van der Waals surface area contributed by atoms with Crippen molar-refractivity contribution in [3.05, 3.63) is 29.8 Å². The maximum absolute atomic E-state index is 5.60. The first-order chi connectivity index (χ1) is 8.66. The Morgan fingerprint density at radius 1 is 1.11 bits per heavy atom. The van der Waals surface area contributed by atoms with Crippen molar-refractivity contribution in [2.45, 2.75) is 6.29 Å². The maximum atomic E-state index is 5.60. The van der Waals surface area contributed by atoms with Crippen molar-refractivity contribution in [1.82, 2.24) is 0 Å². The van der Waals surface area contributed by atoms with Gasteiger partial charge >= 0.3 is 0 Å². The summed E-state index contributed by atoms with van der Waals surface area (Å²) in [7, 11) is 0. The zero-order chi connectivity index (χ0) is 13.0. The molecule has 18 heavy (non-hydrogen) atoms. The topological polar surface area (TPSA) is 121 Å². The van der Waals surface area contributed by atoms with Gasteiger partial charge in [-0.25, -0.2) is 4.99 Å². The number of nitrogens with two attached hydrogens (primary N) is 3. The molecule has 0 saturated carbocycles. The van der Waals surface area contributed by atoms with E-state index in [-0.39, 0.29) is 11.9 Å². The van der Waals surface area contributed by atoms with Crippen molar-refractivity contribution in [2.75, 3.05) is 13.2 Å². The summed E-state index contributed by atoms with van der Waals surface area (Å²) >= 11 is 0. The van der Waals surface area contributed by atoms with Crippen LogP contribution in [0.2, 0.25) is 0 Å². The molecule has 0 amide bonds. The molecule has 7 heteroatoms. The van der Waals surface area contributed by atoms with Gasteiger partial charge in [0.15, 0.2) is 12.2 Å². The second kappa shape index (κ2) is 5.48. The van der Waals surface area contributed by atoms with E-state index in [0.717, 1.165) is 5.56 Å². The number of rotatable bonds is 2. The highest BCUT2D eigenvalue weighted by atomic mass is 16.7. The van der Waals surface area contributed by atoms with E-state index in [9.17, 15) is 0 Å². The highest BCUT2D eigenvalue weighted by molar-refractivity contribution is 5.93. The number of aliphatic imine (C=N–C) groups is 2. The Balaban J connectivity index is 2.30. The Morgan fingerprint density at radius 2 is 1.78 bits per heavy atom. The summed E-state index contributed by atoms with van der Waals surface area (Å²) in [6, 6.07) is 7.35.